The molecule has 1 saturated heterocycles. The van der Waals surface area contributed by atoms with Crippen LogP contribution in [0.5, 0.6) is 0 Å². The van der Waals surface area contributed by atoms with Gasteiger partial charge in [-0.05, 0) is 0 Å². The molecule has 3 aromatic heterocycles. The fourth-order valence-corrected chi connectivity index (χ4v) is 3.15. The van der Waals surface area contributed by atoms with E-state index < -0.39 is 42.4 Å². The average molecular weight is 350 g/mol. The first-order valence-electron chi connectivity index (χ1n) is 7.33. The summed E-state index contributed by atoms with van der Waals surface area (Å²) in [5.74, 6) is -0.00181. The van der Waals surface area contributed by atoms with Gasteiger partial charge in [-0.3, -0.25) is 19.3 Å². The summed E-state index contributed by atoms with van der Waals surface area (Å²) in [7, 11) is 0. The van der Waals surface area contributed by atoms with Crippen molar-refractivity contribution in [3.05, 3.63) is 27.2 Å². The van der Waals surface area contributed by atoms with E-state index in [1.54, 1.807) is 0 Å². The van der Waals surface area contributed by atoms with Crippen molar-refractivity contribution in [3.8, 4) is 0 Å². The van der Waals surface area contributed by atoms with Gasteiger partial charge in [-0.25, -0.2) is 14.8 Å². The summed E-state index contributed by atoms with van der Waals surface area (Å²) < 4.78 is 6.75. The van der Waals surface area contributed by atoms with Gasteiger partial charge in [0.05, 0.1) is 17.4 Å². The molecule has 12 nitrogen and oxygen atoms in total. The normalized spacial score (nSPS) is 26.7. The van der Waals surface area contributed by atoms with E-state index in [-0.39, 0.29) is 27.9 Å². The number of H-pyrrole nitrogens is 2. The summed E-state index contributed by atoms with van der Waals surface area (Å²) in [4.78, 5) is 36.4. The Labute approximate surface area is 137 Å². The maximum absolute atomic E-state index is 12.3. The number of aliphatic hydroxyl groups is 3. The standard InChI is InChI=1S/C13H14N6O6/c14-8-4-5-10(17-13(24)18-11(5)23)19(9(4)16-2-15-8)12-7(22)6(21)3(1-20)25-12/h2-3,6-7,12,20-22H,1H2,(H2,14,15,16)(H2,17,18,23,24)/t3-,6+,7-,12-/m0/s1. The molecular weight excluding hydrogens is 336 g/mol. The van der Waals surface area contributed by atoms with Crippen molar-refractivity contribution in [2.45, 2.75) is 24.5 Å². The molecule has 12 heteroatoms. The number of aromatic amines is 2. The van der Waals surface area contributed by atoms with E-state index in [1.807, 2.05) is 0 Å². The summed E-state index contributed by atoms with van der Waals surface area (Å²) in [6.45, 7) is -0.528. The first-order chi connectivity index (χ1) is 11.9. The van der Waals surface area contributed by atoms with E-state index in [0.29, 0.717) is 0 Å². The summed E-state index contributed by atoms with van der Waals surface area (Å²) in [6.07, 6.45) is -3.90. The molecule has 3 aromatic rings. The third-order valence-corrected chi connectivity index (χ3v) is 4.27. The van der Waals surface area contributed by atoms with Gasteiger partial charge >= 0.3 is 5.69 Å². The van der Waals surface area contributed by atoms with Crippen molar-refractivity contribution in [2.24, 2.45) is 0 Å². The Bertz CT molecular complexity index is 1090. The molecule has 0 saturated carbocycles. The van der Waals surface area contributed by atoms with E-state index in [9.17, 15) is 24.9 Å². The predicted molar refractivity (Wildman–Crippen MR) is 83.7 cm³/mol. The molecule has 0 unspecified atom stereocenters. The number of nitrogen functional groups attached to an aromatic ring is 1. The summed E-state index contributed by atoms with van der Waals surface area (Å²) in [5.41, 5.74) is 4.50. The van der Waals surface area contributed by atoms with Crippen LogP contribution in [0.4, 0.5) is 5.82 Å². The van der Waals surface area contributed by atoms with E-state index in [4.69, 9.17) is 10.5 Å². The number of nitrogens with one attached hydrogen (secondary N) is 2. The molecule has 132 valence electrons. The molecule has 1 aliphatic heterocycles. The van der Waals surface area contributed by atoms with Gasteiger partial charge in [-0.1, -0.05) is 0 Å². The van der Waals surface area contributed by atoms with Crippen LogP contribution in [0.3, 0.4) is 0 Å². The largest absolute Gasteiger partial charge is 0.394 e. The lowest BCUT2D eigenvalue weighted by molar-refractivity contribution is -0.0492. The van der Waals surface area contributed by atoms with Gasteiger partial charge in [0.15, 0.2) is 6.23 Å². The molecule has 0 aliphatic carbocycles. The van der Waals surface area contributed by atoms with Gasteiger partial charge in [0.1, 0.15) is 41.8 Å². The fourth-order valence-electron chi connectivity index (χ4n) is 3.15. The first kappa shape index (κ1) is 15.7. The number of nitrogens with zero attached hydrogens (tertiary/aromatic N) is 3. The summed E-state index contributed by atoms with van der Waals surface area (Å²) in [6, 6.07) is 0. The minimum atomic E-state index is -1.44. The lowest BCUT2D eigenvalue weighted by atomic mass is 10.1. The van der Waals surface area contributed by atoms with Gasteiger partial charge in [-0.15, -0.1) is 0 Å². The van der Waals surface area contributed by atoms with E-state index in [2.05, 4.69) is 19.9 Å². The molecule has 25 heavy (non-hydrogen) atoms. The molecular formula is C13H14N6O6. The Morgan fingerprint density at radius 3 is 2.64 bits per heavy atom. The summed E-state index contributed by atoms with van der Waals surface area (Å²) >= 11 is 0. The molecule has 1 fully saturated rings. The highest BCUT2D eigenvalue weighted by Crippen LogP contribution is 2.36. The monoisotopic (exact) mass is 350 g/mol. The number of aromatic nitrogens is 5. The Hall–Kier alpha value is -2.80. The Morgan fingerprint density at radius 1 is 1.20 bits per heavy atom. The van der Waals surface area contributed by atoms with Crippen LogP contribution in [0.15, 0.2) is 15.9 Å². The smallest absolute Gasteiger partial charge is 0.327 e. The molecule has 4 atom stereocenters. The third kappa shape index (κ3) is 2.09. The van der Waals surface area contributed by atoms with Gasteiger partial charge in [0.2, 0.25) is 0 Å². The zero-order chi connectivity index (χ0) is 17.9. The van der Waals surface area contributed by atoms with Crippen molar-refractivity contribution in [1.82, 2.24) is 24.5 Å². The number of fused-ring (bicyclic) bond motifs is 3. The molecule has 4 rings (SSSR count). The number of aliphatic hydroxyl groups excluding tert-OH is 3. The first-order valence-corrected chi connectivity index (χ1v) is 7.33. The van der Waals surface area contributed by atoms with Crippen molar-refractivity contribution in [1.29, 1.82) is 0 Å². The highest BCUT2D eigenvalue weighted by molar-refractivity contribution is 6.09. The van der Waals surface area contributed by atoms with Gasteiger partial charge in [-0.2, -0.15) is 0 Å². The van der Waals surface area contributed by atoms with Crippen LogP contribution in [0.1, 0.15) is 6.23 Å². The molecule has 7 N–H and O–H groups in total. The Kier molecular flexibility index (Phi) is 3.36. The third-order valence-electron chi connectivity index (χ3n) is 4.27. The molecule has 0 radical (unpaired) electrons. The minimum Gasteiger partial charge on any atom is -0.394 e. The van der Waals surface area contributed by atoms with Crippen LogP contribution >= 0.6 is 0 Å². The second kappa shape index (κ2) is 5.35. The lowest BCUT2D eigenvalue weighted by Gasteiger charge is -2.18. The maximum Gasteiger partial charge on any atom is 0.327 e. The van der Waals surface area contributed by atoms with Gasteiger partial charge < -0.3 is 25.8 Å². The Morgan fingerprint density at radius 2 is 1.96 bits per heavy atom. The summed E-state index contributed by atoms with van der Waals surface area (Å²) in [5, 5.41) is 29.7. The van der Waals surface area contributed by atoms with E-state index >= 15 is 0 Å². The maximum atomic E-state index is 12.3. The van der Waals surface area contributed by atoms with Crippen molar-refractivity contribution in [2.75, 3.05) is 12.3 Å². The number of nitrogens with two attached hydrogens (primary N) is 1. The van der Waals surface area contributed by atoms with Crippen LogP contribution in [-0.4, -0.2) is 64.7 Å². The fraction of sp³-hybridized carbons (Fsp3) is 0.385. The van der Waals surface area contributed by atoms with Gasteiger partial charge in [0, 0.05) is 0 Å². The second-order valence-corrected chi connectivity index (χ2v) is 5.69. The average Bonchev–Trinajstić information content (AvgIpc) is 3.04. The molecule has 0 spiro atoms. The molecule has 4 heterocycles. The van der Waals surface area contributed by atoms with Crippen LogP contribution < -0.4 is 17.0 Å². The zero-order valence-corrected chi connectivity index (χ0v) is 12.6. The van der Waals surface area contributed by atoms with E-state index in [0.717, 1.165) is 6.33 Å². The highest BCUT2D eigenvalue weighted by atomic mass is 16.6. The van der Waals surface area contributed by atoms with Crippen LogP contribution in [0.25, 0.3) is 22.1 Å². The zero-order valence-electron chi connectivity index (χ0n) is 12.6. The van der Waals surface area contributed by atoms with Crippen LogP contribution in [-0.2, 0) is 4.74 Å². The van der Waals surface area contributed by atoms with Gasteiger partial charge in [0.25, 0.3) is 5.56 Å². The van der Waals surface area contributed by atoms with Crippen molar-refractivity contribution >= 4 is 27.9 Å². The number of ether oxygens (including phenoxy) is 1. The number of rotatable bonds is 2. The predicted octanol–water partition coefficient (Wildman–Crippen LogP) is -2.85. The molecule has 0 bridgehead atoms. The van der Waals surface area contributed by atoms with Crippen molar-refractivity contribution in [3.63, 3.8) is 0 Å². The topological polar surface area (TPSA) is 192 Å². The van der Waals surface area contributed by atoms with Crippen molar-refractivity contribution < 1.29 is 20.1 Å². The van der Waals surface area contributed by atoms with Crippen LogP contribution in [0.2, 0.25) is 0 Å². The Balaban J connectivity index is 2.11. The minimum absolute atomic E-state index is 0.00181. The number of hydrogen-bond acceptors (Lipinski definition) is 9. The quantitative estimate of drug-likeness (QED) is 0.282. The highest BCUT2D eigenvalue weighted by Gasteiger charge is 2.44. The molecule has 0 amide bonds. The number of hydrogen-bond donors (Lipinski definition) is 6. The number of anilines is 1. The van der Waals surface area contributed by atoms with Crippen LogP contribution in [0, 0.1) is 0 Å². The SMILES string of the molecule is Nc1ncnc2c1c1c(=O)[nH]c(=O)[nH]c1n2[C@H]1O[C@@H](CO)[C@@H](O)[C@@H]1O. The lowest BCUT2D eigenvalue weighted by Crippen LogP contribution is -2.33. The molecule has 1 aliphatic rings. The second-order valence-electron chi connectivity index (χ2n) is 5.69. The van der Waals surface area contributed by atoms with E-state index in [1.165, 1.54) is 4.57 Å². The molecule has 0 aromatic carbocycles.